The highest BCUT2D eigenvalue weighted by atomic mass is 32.2. The summed E-state index contributed by atoms with van der Waals surface area (Å²) >= 11 is 0. The lowest BCUT2D eigenvalue weighted by Gasteiger charge is -2.41. The van der Waals surface area contributed by atoms with Crippen LogP contribution in [0.1, 0.15) is 57.3 Å². The average molecular weight is 422 g/mol. The normalized spacial score (nSPS) is 21.9. The van der Waals surface area contributed by atoms with Crippen LogP contribution >= 0.6 is 0 Å². The van der Waals surface area contributed by atoms with Gasteiger partial charge in [-0.3, -0.25) is 14.5 Å². The van der Waals surface area contributed by atoms with Gasteiger partial charge in [-0.1, -0.05) is 6.42 Å². The van der Waals surface area contributed by atoms with Gasteiger partial charge in [0.2, 0.25) is 15.9 Å². The van der Waals surface area contributed by atoms with E-state index in [1.54, 1.807) is 26.0 Å². The first-order valence-corrected chi connectivity index (χ1v) is 11.8. The number of nitrogens with zero attached hydrogens (tertiary/aromatic N) is 2. The molecule has 2 saturated heterocycles. The fourth-order valence-corrected chi connectivity index (χ4v) is 6.13. The summed E-state index contributed by atoms with van der Waals surface area (Å²) < 4.78 is 25.6. The summed E-state index contributed by atoms with van der Waals surface area (Å²) in [7, 11) is -3.69. The van der Waals surface area contributed by atoms with Gasteiger partial charge >= 0.3 is 0 Å². The lowest BCUT2D eigenvalue weighted by molar-refractivity contribution is -0.123. The molecule has 0 saturated carbocycles. The third-order valence-corrected chi connectivity index (χ3v) is 7.86. The topological polar surface area (TPSA) is 86.8 Å². The number of benzene rings is 1. The van der Waals surface area contributed by atoms with Crippen LogP contribution in [0.3, 0.4) is 0 Å². The van der Waals surface area contributed by atoms with Crippen molar-refractivity contribution in [3.05, 3.63) is 29.8 Å². The predicted molar refractivity (Wildman–Crippen MR) is 113 cm³/mol. The smallest absolute Gasteiger partial charge is 0.251 e. The van der Waals surface area contributed by atoms with Crippen molar-refractivity contribution < 1.29 is 18.0 Å². The van der Waals surface area contributed by atoms with Crippen molar-refractivity contribution in [2.45, 2.75) is 52.5 Å². The van der Waals surface area contributed by atoms with Crippen LogP contribution in [0.5, 0.6) is 0 Å². The van der Waals surface area contributed by atoms with Gasteiger partial charge < -0.3 is 5.32 Å². The fraction of sp³-hybridized carbons (Fsp3) is 0.619. The summed E-state index contributed by atoms with van der Waals surface area (Å²) in [6, 6.07) is 6.16. The Morgan fingerprint density at radius 3 is 2.21 bits per heavy atom. The largest absolute Gasteiger partial charge is 0.350 e. The molecule has 0 spiro atoms. The zero-order valence-corrected chi connectivity index (χ0v) is 18.5. The van der Waals surface area contributed by atoms with E-state index >= 15 is 0 Å². The van der Waals surface area contributed by atoms with E-state index in [-0.39, 0.29) is 22.9 Å². The summed E-state index contributed by atoms with van der Waals surface area (Å²) in [4.78, 5) is 27.5. The number of amides is 2. The van der Waals surface area contributed by atoms with E-state index in [2.05, 4.69) is 24.1 Å². The van der Waals surface area contributed by atoms with E-state index < -0.39 is 21.3 Å². The quantitative estimate of drug-likeness (QED) is 0.789. The van der Waals surface area contributed by atoms with Crippen LogP contribution < -0.4 is 9.62 Å². The zero-order chi connectivity index (χ0) is 21.4. The molecule has 2 aliphatic heterocycles. The number of rotatable bonds is 5. The number of nitrogens with one attached hydrogen (secondary N) is 1. The third-order valence-electron chi connectivity index (χ3n) is 5.84. The van der Waals surface area contributed by atoms with Crippen molar-refractivity contribution in [3.63, 3.8) is 0 Å². The molecule has 7 nitrogen and oxygen atoms in total. The Morgan fingerprint density at radius 2 is 1.69 bits per heavy atom. The molecule has 0 atom stereocenters. The Labute approximate surface area is 173 Å². The second-order valence-corrected chi connectivity index (χ2v) is 11.1. The molecule has 0 radical (unpaired) electrons. The van der Waals surface area contributed by atoms with Gasteiger partial charge in [-0.05, 0) is 77.9 Å². The second kappa shape index (κ2) is 7.72. The number of piperidine rings is 1. The van der Waals surface area contributed by atoms with E-state index in [4.69, 9.17) is 0 Å². The fourth-order valence-electron chi connectivity index (χ4n) is 4.02. The summed E-state index contributed by atoms with van der Waals surface area (Å²) in [5, 5.41) is 2.98. The molecule has 1 N–H and O–H groups in total. The number of carbonyl (C=O) groups is 2. The maximum Gasteiger partial charge on any atom is 0.251 e. The molecule has 0 aromatic heterocycles. The van der Waals surface area contributed by atoms with Gasteiger partial charge in [0.05, 0.1) is 16.9 Å². The third kappa shape index (κ3) is 4.48. The molecule has 0 bridgehead atoms. The Kier molecular flexibility index (Phi) is 5.80. The van der Waals surface area contributed by atoms with Crippen molar-refractivity contribution in [2.24, 2.45) is 5.41 Å². The lowest BCUT2D eigenvalue weighted by atomic mass is 9.95. The first-order valence-electron chi connectivity index (χ1n) is 10.1. The molecule has 2 aliphatic rings. The Balaban J connectivity index is 1.67. The number of sulfonamides is 1. The highest BCUT2D eigenvalue weighted by Crippen LogP contribution is 2.35. The lowest BCUT2D eigenvalue weighted by Crippen LogP contribution is -2.53. The van der Waals surface area contributed by atoms with Crippen LogP contribution in [0.15, 0.2) is 24.3 Å². The van der Waals surface area contributed by atoms with Crippen LogP contribution in [0.4, 0.5) is 5.69 Å². The average Bonchev–Trinajstić information content (AvgIpc) is 2.83. The Bertz CT molecular complexity index is 885. The standard InChI is InChI=1S/C21H31N3O4S/c1-20(2)15-29(27,28)24(19(20)26)17-10-8-16(9-11-17)18(25)22-14-21(3,4)23-12-6-5-7-13-23/h8-11H,5-7,12-15H2,1-4H3,(H,22,25). The van der Waals surface area contributed by atoms with Crippen LogP contribution in [0, 0.1) is 5.41 Å². The van der Waals surface area contributed by atoms with E-state index in [0.717, 1.165) is 17.4 Å². The van der Waals surface area contributed by atoms with Crippen molar-refractivity contribution in [1.82, 2.24) is 10.2 Å². The second-order valence-electron chi connectivity index (χ2n) is 9.30. The highest BCUT2D eigenvalue weighted by Gasteiger charge is 2.49. The first-order chi connectivity index (χ1) is 13.4. The van der Waals surface area contributed by atoms with E-state index in [1.165, 1.54) is 31.4 Å². The van der Waals surface area contributed by atoms with Gasteiger partial charge in [0.15, 0.2) is 0 Å². The molecule has 29 heavy (non-hydrogen) atoms. The molecule has 1 aromatic rings. The minimum absolute atomic E-state index is 0.127. The molecule has 3 rings (SSSR count). The Hall–Kier alpha value is -1.93. The minimum Gasteiger partial charge on any atom is -0.350 e. The van der Waals surface area contributed by atoms with Crippen molar-refractivity contribution >= 4 is 27.5 Å². The van der Waals surface area contributed by atoms with Gasteiger partial charge in [0.1, 0.15) is 0 Å². The molecule has 2 amide bonds. The van der Waals surface area contributed by atoms with E-state index in [1.807, 2.05) is 0 Å². The number of carbonyl (C=O) groups excluding carboxylic acids is 2. The Morgan fingerprint density at radius 1 is 1.10 bits per heavy atom. The minimum atomic E-state index is -3.69. The van der Waals surface area contributed by atoms with Gasteiger partial charge in [0, 0.05) is 17.6 Å². The molecule has 2 heterocycles. The van der Waals surface area contributed by atoms with Gasteiger partial charge in [-0.2, -0.15) is 0 Å². The van der Waals surface area contributed by atoms with Gasteiger partial charge in [-0.15, -0.1) is 0 Å². The van der Waals surface area contributed by atoms with Crippen LogP contribution in [-0.2, 0) is 14.8 Å². The molecule has 8 heteroatoms. The summed E-state index contributed by atoms with van der Waals surface area (Å²) in [5.74, 6) is -0.873. The van der Waals surface area contributed by atoms with E-state index in [9.17, 15) is 18.0 Å². The van der Waals surface area contributed by atoms with E-state index in [0.29, 0.717) is 12.1 Å². The van der Waals surface area contributed by atoms with Gasteiger partial charge in [0.25, 0.3) is 5.91 Å². The molecular formula is C21H31N3O4S. The molecule has 0 aliphatic carbocycles. The number of hydrogen-bond donors (Lipinski definition) is 1. The summed E-state index contributed by atoms with van der Waals surface area (Å²) in [6.07, 6.45) is 3.64. The van der Waals surface area contributed by atoms with Crippen LogP contribution in [-0.4, -0.2) is 56.1 Å². The first kappa shape index (κ1) is 21.8. The number of anilines is 1. The predicted octanol–water partition coefficient (Wildman–Crippen LogP) is 2.38. The van der Waals surface area contributed by atoms with Gasteiger partial charge in [-0.25, -0.2) is 12.7 Å². The summed E-state index contributed by atoms with van der Waals surface area (Å²) in [5.41, 5.74) is -0.371. The molecule has 1 aromatic carbocycles. The number of likely N-dealkylation sites (tertiary alicyclic amines) is 1. The number of hydrogen-bond acceptors (Lipinski definition) is 5. The zero-order valence-electron chi connectivity index (χ0n) is 17.7. The molecule has 0 unspecified atom stereocenters. The van der Waals surface area contributed by atoms with Crippen LogP contribution in [0.2, 0.25) is 0 Å². The van der Waals surface area contributed by atoms with Crippen LogP contribution in [0.25, 0.3) is 0 Å². The van der Waals surface area contributed by atoms with Crippen molar-refractivity contribution in [3.8, 4) is 0 Å². The molecular weight excluding hydrogens is 390 g/mol. The van der Waals surface area contributed by atoms with Crippen molar-refractivity contribution in [2.75, 3.05) is 29.7 Å². The monoisotopic (exact) mass is 421 g/mol. The highest BCUT2D eigenvalue weighted by molar-refractivity contribution is 7.94. The molecule has 160 valence electrons. The summed E-state index contributed by atoms with van der Waals surface area (Å²) in [6.45, 7) is 10.1. The van der Waals surface area contributed by atoms with Crippen molar-refractivity contribution in [1.29, 1.82) is 0 Å². The maximum atomic E-state index is 12.6. The SMILES string of the molecule is CC1(C)CS(=O)(=O)N(c2ccc(C(=O)NCC(C)(C)N3CCCCC3)cc2)C1=O. The maximum absolute atomic E-state index is 12.6. The molecule has 2 fully saturated rings.